The summed E-state index contributed by atoms with van der Waals surface area (Å²) in [6.07, 6.45) is 1.11. The highest BCUT2D eigenvalue weighted by atomic mass is 35.5. The van der Waals surface area contributed by atoms with Crippen molar-refractivity contribution in [3.8, 4) is 0 Å². The molecule has 0 unspecified atom stereocenters. The molecule has 2 nitrogen and oxygen atoms in total. The fraction of sp³-hybridized carbons (Fsp3) is 0.800. The summed E-state index contributed by atoms with van der Waals surface area (Å²) >= 11 is 0. The van der Waals surface area contributed by atoms with Crippen LogP contribution in [0.5, 0.6) is 0 Å². The van der Waals surface area contributed by atoms with Gasteiger partial charge in [-0.25, -0.2) is 0 Å². The molecule has 0 spiro atoms. The van der Waals surface area contributed by atoms with Crippen LogP contribution in [0.3, 0.4) is 0 Å². The lowest BCUT2D eigenvalue weighted by Gasteiger charge is -1.85. The highest BCUT2D eigenvalue weighted by Crippen LogP contribution is 2.34. The van der Waals surface area contributed by atoms with E-state index in [2.05, 4.69) is 5.32 Å². The minimum absolute atomic E-state index is 0. The SMILES string of the molecule is Cl.O=C1CN[C@H]2C[C@@H]12. The minimum atomic E-state index is 0. The third-order valence-electron chi connectivity index (χ3n) is 1.74. The zero-order valence-corrected chi connectivity index (χ0v) is 5.20. The number of ketones is 1. The molecule has 1 N–H and O–H groups in total. The van der Waals surface area contributed by atoms with E-state index in [1.807, 2.05) is 0 Å². The average Bonchev–Trinajstić information content (AvgIpc) is 2.33. The molecule has 0 aromatic heterocycles. The van der Waals surface area contributed by atoms with Gasteiger partial charge in [0.1, 0.15) is 0 Å². The van der Waals surface area contributed by atoms with Gasteiger partial charge in [0.2, 0.25) is 0 Å². The van der Waals surface area contributed by atoms with Gasteiger partial charge in [-0.05, 0) is 6.42 Å². The van der Waals surface area contributed by atoms with Crippen LogP contribution < -0.4 is 5.32 Å². The number of Topliss-reactive ketones (excluding diaryl/α,β-unsaturated/α-hetero) is 1. The van der Waals surface area contributed by atoms with E-state index >= 15 is 0 Å². The quantitative estimate of drug-likeness (QED) is 0.503. The van der Waals surface area contributed by atoms with Gasteiger partial charge in [-0.1, -0.05) is 0 Å². The molecule has 1 heterocycles. The zero-order chi connectivity index (χ0) is 4.85. The zero-order valence-electron chi connectivity index (χ0n) is 4.39. The predicted molar refractivity (Wildman–Crippen MR) is 32.2 cm³/mol. The second-order valence-corrected chi connectivity index (χ2v) is 2.30. The standard InChI is InChI=1S/C5H7NO.ClH/c7-5-2-6-4-1-3(4)5;/h3-4,6H,1-2H2;1H/t3-,4+;/m1./s1. The number of hydrogen-bond donors (Lipinski definition) is 1. The Labute approximate surface area is 54.1 Å². The molecule has 3 heteroatoms. The van der Waals surface area contributed by atoms with Crippen LogP contribution in [0.2, 0.25) is 0 Å². The molecule has 2 fully saturated rings. The van der Waals surface area contributed by atoms with Crippen LogP contribution in [-0.4, -0.2) is 18.4 Å². The number of halogens is 1. The maximum Gasteiger partial charge on any atom is 0.151 e. The summed E-state index contributed by atoms with van der Waals surface area (Å²) in [5.74, 6) is 0.852. The number of rotatable bonds is 0. The molecular weight excluding hydrogens is 126 g/mol. The van der Waals surface area contributed by atoms with Gasteiger partial charge in [-0.2, -0.15) is 0 Å². The molecule has 0 bridgehead atoms. The molecular formula is C5H8ClNO. The van der Waals surface area contributed by atoms with Crippen molar-refractivity contribution in [2.24, 2.45) is 5.92 Å². The Morgan fingerprint density at radius 2 is 2.38 bits per heavy atom. The van der Waals surface area contributed by atoms with E-state index in [4.69, 9.17) is 0 Å². The molecule has 1 saturated heterocycles. The Bertz CT molecular complexity index is 126. The van der Waals surface area contributed by atoms with E-state index in [0.717, 1.165) is 6.42 Å². The second kappa shape index (κ2) is 1.71. The predicted octanol–water partition coefficient (Wildman–Crippen LogP) is -0.0310. The summed E-state index contributed by atoms with van der Waals surface area (Å²) in [5, 5.41) is 3.09. The first-order chi connectivity index (χ1) is 3.38. The monoisotopic (exact) mass is 133 g/mol. The van der Waals surface area contributed by atoms with Gasteiger partial charge >= 0.3 is 0 Å². The van der Waals surface area contributed by atoms with Crippen LogP contribution in [0.25, 0.3) is 0 Å². The number of carbonyl (C=O) groups excluding carboxylic acids is 1. The van der Waals surface area contributed by atoms with Gasteiger partial charge in [0.25, 0.3) is 0 Å². The third kappa shape index (κ3) is 0.644. The average molecular weight is 134 g/mol. The summed E-state index contributed by atoms with van der Waals surface area (Å²) < 4.78 is 0. The van der Waals surface area contributed by atoms with Crippen molar-refractivity contribution in [2.75, 3.05) is 6.54 Å². The fourth-order valence-corrected chi connectivity index (χ4v) is 1.14. The first-order valence-electron chi connectivity index (χ1n) is 2.64. The molecule has 8 heavy (non-hydrogen) atoms. The van der Waals surface area contributed by atoms with Crippen LogP contribution >= 0.6 is 12.4 Å². The van der Waals surface area contributed by atoms with Crippen molar-refractivity contribution >= 4 is 18.2 Å². The summed E-state index contributed by atoms with van der Waals surface area (Å²) in [6, 6.07) is 0.590. The van der Waals surface area contributed by atoms with E-state index in [1.165, 1.54) is 0 Å². The topological polar surface area (TPSA) is 29.1 Å². The molecule has 2 aliphatic rings. The maximum atomic E-state index is 10.6. The molecule has 0 amide bonds. The van der Waals surface area contributed by atoms with Gasteiger partial charge in [-0.3, -0.25) is 4.79 Å². The van der Waals surface area contributed by atoms with Crippen molar-refractivity contribution in [2.45, 2.75) is 12.5 Å². The van der Waals surface area contributed by atoms with Gasteiger partial charge in [0, 0.05) is 12.0 Å². The van der Waals surface area contributed by atoms with E-state index in [-0.39, 0.29) is 12.4 Å². The normalized spacial score (nSPS) is 40.8. The molecule has 1 aliphatic carbocycles. The second-order valence-electron chi connectivity index (χ2n) is 2.30. The van der Waals surface area contributed by atoms with E-state index < -0.39 is 0 Å². The number of hydrogen-bond acceptors (Lipinski definition) is 2. The van der Waals surface area contributed by atoms with Crippen molar-refractivity contribution in [1.29, 1.82) is 0 Å². The third-order valence-corrected chi connectivity index (χ3v) is 1.74. The van der Waals surface area contributed by atoms with Crippen LogP contribution in [0, 0.1) is 5.92 Å². The molecule has 1 saturated carbocycles. The lowest BCUT2D eigenvalue weighted by atomic mass is 10.3. The van der Waals surface area contributed by atoms with Crippen LogP contribution in [0.15, 0.2) is 0 Å². The van der Waals surface area contributed by atoms with Crippen molar-refractivity contribution in [1.82, 2.24) is 5.32 Å². The van der Waals surface area contributed by atoms with Gasteiger partial charge < -0.3 is 5.32 Å². The summed E-state index contributed by atoms with van der Waals surface area (Å²) in [7, 11) is 0. The first kappa shape index (κ1) is 6.05. The van der Waals surface area contributed by atoms with Gasteiger partial charge in [-0.15, -0.1) is 12.4 Å². The highest BCUT2D eigenvalue weighted by molar-refractivity contribution is 5.89. The smallest absolute Gasteiger partial charge is 0.151 e. The Hall–Kier alpha value is -0.0800. The molecule has 1 aliphatic heterocycles. The van der Waals surface area contributed by atoms with E-state index in [1.54, 1.807) is 0 Å². The Morgan fingerprint density at radius 3 is 2.50 bits per heavy atom. The molecule has 46 valence electrons. The lowest BCUT2D eigenvalue weighted by molar-refractivity contribution is -0.118. The van der Waals surface area contributed by atoms with E-state index in [0.29, 0.717) is 24.3 Å². The Balaban J connectivity index is 0.000000320. The van der Waals surface area contributed by atoms with Crippen LogP contribution in [0.1, 0.15) is 6.42 Å². The van der Waals surface area contributed by atoms with Gasteiger partial charge in [0.05, 0.1) is 6.54 Å². The maximum absolute atomic E-state index is 10.6. The van der Waals surface area contributed by atoms with Crippen molar-refractivity contribution in [3.05, 3.63) is 0 Å². The van der Waals surface area contributed by atoms with Crippen LogP contribution in [0.4, 0.5) is 0 Å². The Kier molecular flexibility index (Phi) is 1.29. The Morgan fingerprint density at radius 1 is 1.62 bits per heavy atom. The van der Waals surface area contributed by atoms with Crippen molar-refractivity contribution in [3.63, 3.8) is 0 Å². The van der Waals surface area contributed by atoms with Crippen molar-refractivity contribution < 1.29 is 4.79 Å². The van der Waals surface area contributed by atoms with Gasteiger partial charge in [0.15, 0.2) is 5.78 Å². The molecule has 0 aromatic carbocycles. The largest absolute Gasteiger partial charge is 0.306 e. The van der Waals surface area contributed by atoms with E-state index in [9.17, 15) is 4.79 Å². The molecule has 2 rings (SSSR count). The number of nitrogens with one attached hydrogen (secondary N) is 1. The van der Waals surface area contributed by atoms with Crippen LogP contribution in [-0.2, 0) is 4.79 Å². The highest BCUT2D eigenvalue weighted by Gasteiger charge is 2.47. The number of fused-ring (bicyclic) bond motifs is 1. The first-order valence-corrected chi connectivity index (χ1v) is 2.64. The molecule has 2 atom stereocenters. The summed E-state index contributed by atoms with van der Waals surface area (Å²) in [4.78, 5) is 10.6. The number of carbonyl (C=O) groups is 1. The fourth-order valence-electron chi connectivity index (χ4n) is 1.14. The summed E-state index contributed by atoms with van der Waals surface area (Å²) in [5.41, 5.74) is 0. The minimum Gasteiger partial charge on any atom is -0.306 e. The summed E-state index contributed by atoms with van der Waals surface area (Å²) in [6.45, 7) is 0.634. The number of piperidine rings is 1. The lowest BCUT2D eigenvalue weighted by Crippen LogP contribution is -2.14. The molecule has 0 aromatic rings. The molecule has 0 radical (unpaired) electrons.